The predicted octanol–water partition coefficient (Wildman–Crippen LogP) is 4.59. The number of halogens is 4. The summed E-state index contributed by atoms with van der Waals surface area (Å²) < 4.78 is 48.7. The van der Waals surface area contributed by atoms with E-state index in [1.54, 1.807) is 24.4 Å². The van der Waals surface area contributed by atoms with Crippen LogP contribution in [0.4, 0.5) is 19.0 Å². The summed E-state index contributed by atoms with van der Waals surface area (Å²) in [5.74, 6) is -0.234. The number of alkyl halides is 3. The highest BCUT2D eigenvalue weighted by molar-refractivity contribution is 6.31. The van der Waals surface area contributed by atoms with Gasteiger partial charge in [-0.15, -0.1) is 0 Å². The molecule has 2 aromatic carbocycles. The first-order chi connectivity index (χ1) is 16.7. The maximum absolute atomic E-state index is 12.6. The first-order valence-corrected chi connectivity index (χ1v) is 11.1. The van der Waals surface area contributed by atoms with Crippen LogP contribution < -0.4 is 15.4 Å². The van der Waals surface area contributed by atoms with Gasteiger partial charge in [-0.1, -0.05) is 17.7 Å². The molecule has 0 bridgehead atoms. The number of benzene rings is 2. The molecule has 1 saturated heterocycles. The zero-order chi connectivity index (χ0) is 25.0. The molecule has 11 heteroatoms. The summed E-state index contributed by atoms with van der Waals surface area (Å²) >= 11 is 5.97. The Bertz CT molecular complexity index is 1210. The van der Waals surface area contributed by atoms with Crippen LogP contribution in [0.2, 0.25) is 5.02 Å². The lowest BCUT2D eigenvalue weighted by Crippen LogP contribution is -2.47. The van der Waals surface area contributed by atoms with E-state index in [-0.39, 0.29) is 30.9 Å². The van der Waals surface area contributed by atoms with E-state index in [1.165, 1.54) is 0 Å². The van der Waals surface area contributed by atoms with Crippen LogP contribution in [0.3, 0.4) is 0 Å². The molecular formula is C24H21ClF3N3O4. The Morgan fingerprint density at radius 3 is 2.54 bits per heavy atom. The summed E-state index contributed by atoms with van der Waals surface area (Å²) in [5, 5.41) is 7.80. The number of carbonyl (C=O) groups excluding carboxylic acids is 2. The van der Waals surface area contributed by atoms with Gasteiger partial charge in [-0.3, -0.25) is 9.59 Å². The SMILES string of the molecule is O=C(COc1ccc(C(F)(F)F)cc1)N[C@H]1CC[C@H](C(=O)Nc2cc3ccc(Cl)cc3cn2)OC1. The van der Waals surface area contributed by atoms with Gasteiger partial charge in [-0.2, -0.15) is 13.2 Å². The molecule has 4 rings (SSSR count). The summed E-state index contributed by atoms with van der Waals surface area (Å²) in [6.07, 6.45) is -2.61. The second-order valence-electron chi connectivity index (χ2n) is 8.02. The van der Waals surface area contributed by atoms with Crippen molar-refractivity contribution >= 4 is 40.0 Å². The number of amides is 2. The van der Waals surface area contributed by atoms with Crippen LogP contribution in [-0.2, 0) is 20.5 Å². The number of fused-ring (bicyclic) bond motifs is 1. The number of anilines is 1. The Balaban J connectivity index is 1.21. The van der Waals surface area contributed by atoms with Gasteiger partial charge in [-0.05, 0) is 60.7 Å². The van der Waals surface area contributed by atoms with Gasteiger partial charge in [0.15, 0.2) is 6.61 Å². The Labute approximate surface area is 203 Å². The van der Waals surface area contributed by atoms with Gasteiger partial charge >= 0.3 is 6.18 Å². The molecule has 1 aliphatic rings. The van der Waals surface area contributed by atoms with Crippen molar-refractivity contribution in [3.63, 3.8) is 0 Å². The minimum absolute atomic E-state index is 0.133. The fourth-order valence-electron chi connectivity index (χ4n) is 3.62. The van der Waals surface area contributed by atoms with Gasteiger partial charge < -0.3 is 20.1 Å². The third kappa shape index (κ3) is 6.61. The van der Waals surface area contributed by atoms with Crippen LogP contribution in [0.15, 0.2) is 54.7 Å². The van der Waals surface area contributed by atoms with Crippen molar-refractivity contribution in [2.75, 3.05) is 18.5 Å². The first kappa shape index (κ1) is 24.7. The number of nitrogens with one attached hydrogen (secondary N) is 2. The molecule has 3 aromatic rings. The molecule has 2 heterocycles. The topological polar surface area (TPSA) is 89.5 Å². The quantitative estimate of drug-likeness (QED) is 0.509. The molecular weight excluding hydrogens is 487 g/mol. The molecule has 2 amide bonds. The molecule has 0 saturated carbocycles. The zero-order valence-corrected chi connectivity index (χ0v) is 19.0. The molecule has 1 aliphatic heterocycles. The number of nitrogens with zero attached hydrogens (tertiary/aromatic N) is 1. The Morgan fingerprint density at radius 2 is 1.86 bits per heavy atom. The van der Waals surface area contributed by atoms with Crippen molar-refractivity contribution in [2.24, 2.45) is 0 Å². The van der Waals surface area contributed by atoms with E-state index in [0.29, 0.717) is 23.7 Å². The molecule has 1 fully saturated rings. The molecule has 0 radical (unpaired) electrons. The number of ether oxygens (including phenoxy) is 2. The minimum Gasteiger partial charge on any atom is -0.484 e. The highest BCUT2D eigenvalue weighted by Gasteiger charge is 2.30. The largest absolute Gasteiger partial charge is 0.484 e. The van der Waals surface area contributed by atoms with Crippen LogP contribution in [0.25, 0.3) is 10.8 Å². The van der Waals surface area contributed by atoms with Gasteiger partial charge in [0, 0.05) is 16.6 Å². The number of hydrogen-bond acceptors (Lipinski definition) is 5. The summed E-state index contributed by atoms with van der Waals surface area (Å²) in [6.45, 7) is -0.224. The van der Waals surface area contributed by atoms with Crippen LogP contribution >= 0.6 is 11.6 Å². The summed E-state index contributed by atoms with van der Waals surface area (Å²) in [6, 6.07) is 10.9. The van der Waals surface area contributed by atoms with Gasteiger partial charge in [-0.25, -0.2) is 4.98 Å². The second-order valence-corrected chi connectivity index (χ2v) is 8.46. The maximum Gasteiger partial charge on any atom is 0.416 e. The highest BCUT2D eigenvalue weighted by Crippen LogP contribution is 2.30. The average Bonchev–Trinajstić information content (AvgIpc) is 2.83. The Hall–Kier alpha value is -3.37. The molecule has 7 nitrogen and oxygen atoms in total. The van der Waals surface area contributed by atoms with Gasteiger partial charge in [0.25, 0.3) is 11.8 Å². The lowest BCUT2D eigenvalue weighted by molar-refractivity contribution is -0.137. The Morgan fingerprint density at radius 1 is 1.09 bits per heavy atom. The van der Waals surface area contributed by atoms with Crippen molar-refractivity contribution in [3.8, 4) is 5.75 Å². The van der Waals surface area contributed by atoms with Crippen LogP contribution in [0.5, 0.6) is 5.75 Å². The predicted molar refractivity (Wildman–Crippen MR) is 123 cm³/mol. The normalized spacial score (nSPS) is 18.2. The number of hydrogen-bond donors (Lipinski definition) is 2. The maximum atomic E-state index is 12.6. The van der Waals surface area contributed by atoms with Crippen LogP contribution in [0, 0.1) is 0 Å². The van der Waals surface area contributed by atoms with E-state index in [9.17, 15) is 22.8 Å². The van der Waals surface area contributed by atoms with Crippen molar-refractivity contribution in [1.29, 1.82) is 0 Å². The number of aromatic nitrogens is 1. The molecule has 0 unspecified atom stereocenters. The van der Waals surface area contributed by atoms with Crippen molar-refractivity contribution < 1.29 is 32.2 Å². The van der Waals surface area contributed by atoms with Crippen LogP contribution in [0.1, 0.15) is 18.4 Å². The van der Waals surface area contributed by atoms with E-state index in [4.69, 9.17) is 21.1 Å². The monoisotopic (exact) mass is 507 g/mol. The van der Waals surface area contributed by atoms with Crippen molar-refractivity contribution in [2.45, 2.75) is 31.2 Å². The highest BCUT2D eigenvalue weighted by atomic mass is 35.5. The van der Waals surface area contributed by atoms with Gasteiger partial charge in [0.1, 0.15) is 17.7 Å². The van der Waals surface area contributed by atoms with E-state index in [0.717, 1.165) is 35.0 Å². The molecule has 2 N–H and O–H groups in total. The first-order valence-electron chi connectivity index (χ1n) is 10.7. The van der Waals surface area contributed by atoms with E-state index < -0.39 is 23.8 Å². The number of carbonyl (C=O) groups is 2. The molecule has 0 spiro atoms. The van der Waals surface area contributed by atoms with E-state index >= 15 is 0 Å². The standard InChI is InChI=1S/C24H21ClF3N3O4/c25-17-4-1-14-10-21(29-11-15(14)9-17)31-23(33)20-8-5-18(12-35-20)30-22(32)13-34-19-6-2-16(3-7-19)24(26,27)28/h1-4,6-7,9-11,18,20H,5,8,12-13H2,(H,30,32)(H,29,31,33)/t18-,20+/m0/s1. The minimum atomic E-state index is -4.44. The van der Waals surface area contributed by atoms with E-state index in [1.807, 2.05) is 6.07 Å². The molecule has 2 atom stereocenters. The van der Waals surface area contributed by atoms with Gasteiger partial charge in [0.2, 0.25) is 0 Å². The Kier molecular flexibility index (Phi) is 7.42. The van der Waals surface area contributed by atoms with Crippen LogP contribution in [-0.4, -0.2) is 42.2 Å². The summed E-state index contributed by atoms with van der Waals surface area (Å²) in [7, 11) is 0. The number of pyridine rings is 1. The third-order valence-electron chi connectivity index (χ3n) is 5.42. The zero-order valence-electron chi connectivity index (χ0n) is 18.3. The summed E-state index contributed by atoms with van der Waals surface area (Å²) in [5.41, 5.74) is -0.798. The van der Waals surface area contributed by atoms with Crippen molar-refractivity contribution in [1.82, 2.24) is 10.3 Å². The van der Waals surface area contributed by atoms with Gasteiger partial charge in [0.05, 0.1) is 18.2 Å². The molecule has 35 heavy (non-hydrogen) atoms. The third-order valence-corrected chi connectivity index (χ3v) is 5.66. The number of rotatable bonds is 6. The summed E-state index contributed by atoms with van der Waals surface area (Å²) in [4.78, 5) is 28.9. The lowest BCUT2D eigenvalue weighted by Gasteiger charge is -2.28. The van der Waals surface area contributed by atoms with Crippen molar-refractivity contribution in [3.05, 3.63) is 65.3 Å². The smallest absolute Gasteiger partial charge is 0.416 e. The fourth-order valence-corrected chi connectivity index (χ4v) is 3.80. The molecule has 1 aromatic heterocycles. The second kappa shape index (κ2) is 10.5. The molecule has 0 aliphatic carbocycles. The fraction of sp³-hybridized carbons (Fsp3) is 0.292. The van der Waals surface area contributed by atoms with E-state index in [2.05, 4.69) is 15.6 Å². The average molecular weight is 508 g/mol. The lowest BCUT2D eigenvalue weighted by atomic mass is 10.0. The molecule has 184 valence electrons.